The van der Waals surface area contributed by atoms with Crippen molar-refractivity contribution in [3.05, 3.63) is 41.3 Å². The fourth-order valence-corrected chi connectivity index (χ4v) is 3.99. The molecule has 0 amide bonds. The third kappa shape index (κ3) is 4.09. The average Bonchev–Trinajstić information content (AvgIpc) is 2.91. The van der Waals surface area contributed by atoms with Gasteiger partial charge in [-0.05, 0) is 26.0 Å². The predicted molar refractivity (Wildman–Crippen MR) is 98.0 cm³/mol. The molecular formula is C18H22NO5P. The van der Waals surface area contributed by atoms with E-state index in [9.17, 15) is 14.2 Å². The van der Waals surface area contributed by atoms with Gasteiger partial charge >= 0.3 is 5.97 Å². The summed E-state index contributed by atoms with van der Waals surface area (Å²) in [6.45, 7) is 6.61. The number of nitrogens with zero attached hydrogens (tertiary/aromatic N) is 1. The van der Waals surface area contributed by atoms with Crippen LogP contribution < -0.4 is 0 Å². The van der Waals surface area contributed by atoms with Gasteiger partial charge in [-0.3, -0.25) is 13.9 Å². The molecule has 1 aromatic heterocycles. The number of hydrogen-bond acceptors (Lipinski definition) is 5. The van der Waals surface area contributed by atoms with E-state index >= 15 is 0 Å². The minimum absolute atomic E-state index is 0.0253. The number of carbonyl (C=O) groups excluding carboxylic acids is 2. The topological polar surface area (TPSA) is 74.6 Å². The third-order valence-corrected chi connectivity index (χ3v) is 5.61. The van der Waals surface area contributed by atoms with Crippen molar-refractivity contribution in [1.82, 2.24) is 4.57 Å². The van der Waals surface area contributed by atoms with Crippen LogP contribution in [0.1, 0.15) is 31.1 Å². The van der Waals surface area contributed by atoms with Crippen molar-refractivity contribution in [2.45, 2.75) is 20.8 Å². The summed E-state index contributed by atoms with van der Waals surface area (Å²) in [5.74, 6) is -0.834. The number of carbonyl (C=O) groups is 2. The van der Waals surface area contributed by atoms with Gasteiger partial charge in [-0.1, -0.05) is 18.2 Å². The molecule has 0 bridgehead atoms. The van der Waals surface area contributed by atoms with Gasteiger partial charge in [0.2, 0.25) is 13.3 Å². The Morgan fingerprint density at radius 3 is 2.48 bits per heavy atom. The molecule has 0 saturated carbocycles. The molecule has 134 valence electrons. The fourth-order valence-electron chi connectivity index (χ4n) is 2.59. The first-order valence-corrected chi connectivity index (χ1v) is 10.1. The Kier molecular flexibility index (Phi) is 5.98. The van der Waals surface area contributed by atoms with E-state index in [1.165, 1.54) is 24.2 Å². The molecule has 0 fully saturated rings. The van der Waals surface area contributed by atoms with E-state index in [0.717, 1.165) is 5.39 Å². The highest BCUT2D eigenvalue weighted by Crippen LogP contribution is 2.52. The minimum atomic E-state index is -3.35. The fraction of sp³-hybridized carbons (Fsp3) is 0.333. The molecule has 0 radical (unpaired) electrons. The van der Waals surface area contributed by atoms with Crippen LogP contribution in [-0.4, -0.2) is 36.3 Å². The summed E-state index contributed by atoms with van der Waals surface area (Å²) in [5, 5.41) is 0.749. The highest BCUT2D eigenvalue weighted by Gasteiger charge is 2.30. The van der Waals surface area contributed by atoms with Crippen LogP contribution in [0.2, 0.25) is 0 Å². The molecule has 0 aliphatic carbocycles. The van der Waals surface area contributed by atoms with E-state index in [1.54, 1.807) is 20.0 Å². The molecule has 7 heteroatoms. The molecule has 0 N–H and O–H groups in total. The summed E-state index contributed by atoms with van der Waals surface area (Å²) in [6.07, 6.45) is 3.12. The second-order valence-electron chi connectivity index (χ2n) is 5.50. The number of para-hydroxylation sites is 1. The lowest BCUT2D eigenvalue weighted by Crippen LogP contribution is -2.09. The Hall–Kier alpha value is -2.17. The molecule has 1 atom stereocenters. The van der Waals surface area contributed by atoms with Crippen LogP contribution in [0.15, 0.2) is 35.8 Å². The molecule has 0 aliphatic rings. The van der Waals surface area contributed by atoms with E-state index in [4.69, 9.17) is 9.26 Å². The predicted octanol–water partition coefficient (Wildman–Crippen LogP) is 4.15. The zero-order chi connectivity index (χ0) is 18.6. The zero-order valence-corrected chi connectivity index (χ0v) is 15.7. The van der Waals surface area contributed by atoms with Crippen LogP contribution in [0.3, 0.4) is 0 Å². The summed E-state index contributed by atoms with van der Waals surface area (Å²) in [7, 11) is -3.35. The summed E-state index contributed by atoms with van der Waals surface area (Å²) in [5.41, 5.74) is 1.32. The summed E-state index contributed by atoms with van der Waals surface area (Å²) in [6, 6.07) is 7.31. The molecule has 2 aromatic rings. The summed E-state index contributed by atoms with van der Waals surface area (Å²) < 4.78 is 24.7. The normalized spacial score (nSPS) is 14.3. The van der Waals surface area contributed by atoms with E-state index in [1.807, 2.05) is 24.3 Å². The second-order valence-corrected chi connectivity index (χ2v) is 7.94. The van der Waals surface area contributed by atoms with Gasteiger partial charge in [0.15, 0.2) is 0 Å². The lowest BCUT2D eigenvalue weighted by molar-refractivity contribution is -0.137. The minimum Gasteiger partial charge on any atom is -0.462 e. The quantitative estimate of drug-likeness (QED) is 0.438. The van der Waals surface area contributed by atoms with Crippen molar-refractivity contribution >= 4 is 36.2 Å². The number of ether oxygens (including phenoxy) is 1. The molecule has 0 unspecified atom stereocenters. The van der Waals surface area contributed by atoms with Gasteiger partial charge in [0.1, 0.15) is 5.31 Å². The van der Waals surface area contributed by atoms with Crippen molar-refractivity contribution in [3.63, 3.8) is 0 Å². The molecule has 0 saturated heterocycles. The molecule has 6 nitrogen and oxygen atoms in total. The molecule has 1 aromatic carbocycles. The van der Waals surface area contributed by atoms with Gasteiger partial charge in [-0.2, -0.15) is 0 Å². The van der Waals surface area contributed by atoms with E-state index in [-0.39, 0.29) is 24.4 Å². The van der Waals surface area contributed by atoms with E-state index < -0.39 is 13.3 Å². The lowest BCUT2D eigenvalue weighted by atomic mass is 10.1. The smallest absolute Gasteiger partial charge is 0.344 e. The average molecular weight is 363 g/mol. The monoisotopic (exact) mass is 363 g/mol. The molecule has 0 spiro atoms. The highest BCUT2D eigenvalue weighted by atomic mass is 31.2. The lowest BCUT2D eigenvalue weighted by Gasteiger charge is -2.15. The van der Waals surface area contributed by atoms with Gasteiger partial charge in [-0.15, -0.1) is 0 Å². The maximum atomic E-state index is 12.8. The summed E-state index contributed by atoms with van der Waals surface area (Å²) >= 11 is 0. The maximum absolute atomic E-state index is 12.8. The van der Waals surface area contributed by atoms with Crippen LogP contribution in [0.4, 0.5) is 0 Å². The van der Waals surface area contributed by atoms with Crippen molar-refractivity contribution in [1.29, 1.82) is 0 Å². The first-order valence-electron chi connectivity index (χ1n) is 8.04. The summed E-state index contributed by atoms with van der Waals surface area (Å²) in [4.78, 5) is 24.2. The SMILES string of the molecule is CCOC(=O)/C(=C\c1cn(C(C)=O)c2ccccc12)[P@](C)(=O)OCC. The molecular weight excluding hydrogens is 341 g/mol. The number of aromatic nitrogens is 1. The van der Waals surface area contributed by atoms with Crippen LogP contribution in [0.25, 0.3) is 17.0 Å². The molecule has 0 aliphatic heterocycles. The van der Waals surface area contributed by atoms with Gasteiger partial charge in [-0.25, -0.2) is 4.79 Å². The molecule has 25 heavy (non-hydrogen) atoms. The van der Waals surface area contributed by atoms with Crippen molar-refractivity contribution in [2.24, 2.45) is 0 Å². The second kappa shape index (κ2) is 7.81. The van der Waals surface area contributed by atoms with Crippen molar-refractivity contribution < 1.29 is 23.4 Å². The van der Waals surface area contributed by atoms with Crippen LogP contribution in [0, 0.1) is 0 Å². The molecule has 2 rings (SSSR count). The number of fused-ring (bicyclic) bond motifs is 1. The number of esters is 1. The first kappa shape index (κ1) is 19.2. The van der Waals surface area contributed by atoms with Crippen LogP contribution in [-0.2, 0) is 18.6 Å². The largest absolute Gasteiger partial charge is 0.462 e. The Balaban J connectivity index is 2.68. The van der Waals surface area contributed by atoms with Gasteiger partial charge in [0.25, 0.3) is 0 Å². The van der Waals surface area contributed by atoms with Crippen LogP contribution >= 0.6 is 7.37 Å². The van der Waals surface area contributed by atoms with E-state index in [2.05, 4.69) is 0 Å². The number of benzene rings is 1. The van der Waals surface area contributed by atoms with Gasteiger partial charge < -0.3 is 9.26 Å². The van der Waals surface area contributed by atoms with Gasteiger partial charge in [0.05, 0.1) is 18.7 Å². The van der Waals surface area contributed by atoms with E-state index in [0.29, 0.717) is 11.1 Å². The van der Waals surface area contributed by atoms with Crippen molar-refractivity contribution in [3.8, 4) is 0 Å². The maximum Gasteiger partial charge on any atom is 0.344 e. The van der Waals surface area contributed by atoms with Gasteiger partial charge in [0, 0.05) is 30.7 Å². The van der Waals surface area contributed by atoms with Crippen molar-refractivity contribution in [2.75, 3.05) is 19.9 Å². The number of hydrogen-bond donors (Lipinski definition) is 0. The Labute approximate surface area is 146 Å². The Bertz CT molecular complexity index is 881. The third-order valence-electron chi connectivity index (χ3n) is 3.67. The zero-order valence-electron chi connectivity index (χ0n) is 14.8. The molecule has 1 heterocycles. The highest BCUT2D eigenvalue weighted by molar-refractivity contribution is 7.64. The first-order chi connectivity index (χ1) is 11.8. The Morgan fingerprint density at radius 2 is 1.88 bits per heavy atom. The number of rotatable bonds is 6. The Morgan fingerprint density at radius 1 is 1.20 bits per heavy atom. The standard InChI is InChI=1S/C18H22NO5P/c1-5-23-18(21)17(25(4,22)24-6-2)11-14-12-19(13(3)20)16-10-8-7-9-15(14)16/h7-12H,5-6H2,1-4H3/b17-11+/t25-/m1/s1. The van der Waals surface area contributed by atoms with Crippen LogP contribution in [0.5, 0.6) is 0 Å².